The molecule has 1 N–H and O–H groups in total. The molecule has 1 aromatic rings. The predicted octanol–water partition coefficient (Wildman–Crippen LogP) is 2.81. The fourth-order valence-electron chi connectivity index (χ4n) is 2.43. The van der Waals surface area contributed by atoms with Crippen molar-refractivity contribution in [2.75, 3.05) is 7.05 Å². The number of hydrogen-bond acceptors (Lipinski definition) is 4. The predicted molar refractivity (Wildman–Crippen MR) is 73.9 cm³/mol. The summed E-state index contributed by atoms with van der Waals surface area (Å²) in [4.78, 5) is 10.3. The van der Waals surface area contributed by atoms with Crippen molar-refractivity contribution >= 4 is 5.69 Å². The van der Waals surface area contributed by atoms with Crippen molar-refractivity contribution in [3.8, 4) is 6.07 Å². The monoisotopic (exact) mass is 261 g/mol. The van der Waals surface area contributed by atoms with Crippen LogP contribution in [0.1, 0.15) is 37.8 Å². The first kappa shape index (κ1) is 15.1. The van der Waals surface area contributed by atoms with Gasteiger partial charge < -0.3 is 5.32 Å². The van der Waals surface area contributed by atoms with Crippen molar-refractivity contribution in [1.29, 1.82) is 5.26 Å². The van der Waals surface area contributed by atoms with Crippen LogP contribution in [0.2, 0.25) is 0 Å². The molecule has 0 aliphatic rings. The summed E-state index contributed by atoms with van der Waals surface area (Å²) in [5, 5.41) is 23.2. The van der Waals surface area contributed by atoms with E-state index in [0.717, 1.165) is 5.56 Å². The van der Waals surface area contributed by atoms with Crippen LogP contribution in [0.5, 0.6) is 0 Å². The van der Waals surface area contributed by atoms with Gasteiger partial charge in [-0.05, 0) is 25.5 Å². The van der Waals surface area contributed by atoms with E-state index < -0.39 is 4.92 Å². The molecule has 0 aliphatic carbocycles. The van der Waals surface area contributed by atoms with Crippen LogP contribution in [0.25, 0.3) is 0 Å². The molecule has 0 aromatic heterocycles. The van der Waals surface area contributed by atoms with E-state index >= 15 is 0 Å². The lowest BCUT2D eigenvalue weighted by Gasteiger charge is -2.28. The number of nitro groups is 1. The zero-order valence-electron chi connectivity index (χ0n) is 11.7. The lowest BCUT2D eigenvalue weighted by Crippen LogP contribution is -2.32. The summed E-state index contributed by atoms with van der Waals surface area (Å²) in [5.41, 5.74) is 1.21. The average molecular weight is 261 g/mol. The third-order valence-electron chi connectivity index (χ3n) is 3.44. The van der Waals surface area contributed by atoms with Gasteiger partial charge in [0.25, 0.3) is 5.69 Å². The maximum atomic E-state index is 10.8. The van der Waals surface area contributed by atoms with Gasteiger partial charge in [-0.25, -0.2) is 0 Å². The van der Waals surface area contributed by atoms with Crippen LogP contribution in [0.3, 0.4) is 0 Å². The largest absolute Gasteiger partial charge is 0.317 e. The number of benzene rings is 1. The van der Waals surface area contributed by atoms with Gasteiger partial charge in [0.2, 0.25) is 0 Å². The summed E-state index contributed by atoms with van der Waals surface area (Å²) >= 11 is 0. The second-order valence-electron chi connectivity index (χ2n) is 4.99. The number of likely N-dealkylation sites (N-methyl/N-ethyl adjacent to an activating group) is 1. The van der Waals surface area contributed by atoms with Crippen LogP contribution >= 0.6 is 0 Å². The van der Waals surface area contributed by atoms with Crippen LogP contribution in [0.4, 0.5) is 5.69 Å². The van der Waals surface area contributed by atoms with Gasteiger partial charge in [-0.15, -0.1) is 0 Å². The van der Waals surface area contributed by atoms with Crippen LogP contribution < -0.4 is 5.32 Å². The van der Waals surface area contributed by atoms with Crippen molar-refractivity contribution in [2.24, 2.45) is 5.92 Å². The zero-order valence-corrected chi connectivity index (χ0v) is 11.7. The Kier molecular flexibility index (Phi) is 5.02. The van der Waals surface area contributed by atoms with E-state index in [0.29, 0.717) is 11.5 Å². The van der Waals surface area contributed by atoms with Gasteiger partial charge in [0, 0.05) is 24.1 Å². The highest BCUT2D eigenvalue weighted by Gasteiger charge is 2.25. The lowest BCUT2D eigenvalue weighted by atomic mass is 9.81. The van der Waals surface area contributed by atoms with Crippen LogP contribution in [0, 0.1) is 27.4 Å². The first-order valence-electron chi connectivity index (χ1n) is 6.28. The normalized spacial score (nSPS) is 13.9. The Morgan fingerprint density at radius 3 is 2.42 bits per heavy atom. The Morgan fingerprint density at radius 2 is 2.00 bits per heavy atom. The number of nitrogens with one attached hydrogen (secondary N) is 1. The molecule has 0 saturated heterocycles. The molecule has 0 aliphatic heterocycles. The van der Waals surface area contributed by atoms with E-state index in [9.17, 15) is 15.4 Å². The molecule has 0 bridgehead atoms. The average Bonchev–Trinajstić information content (AvgIpc) is 2.38. The fourth-order valence-corrected chi connectivity index (χ4v) is 2.43. The van der Waals surface area contributed by atoms with E-state index in [2.05, 4.69) is 25.2 Å². The van der Waals surface area contributed by atoms with Gasteiger partial charge in [0.1, 0.15) is 0 Å². The highest BCUT2D eigenvalue weighted by atomic mass is 16.6. The van der Waals surface area contributed by atoms with Crippen LogP contribution in [0.15, 0.2) is 18.2 Å². The van der Waals surface area contributed by atoms with E-state index in [-0.39, 0.29) is 17.6 Å². The van der Waals surface area contributed by atoms with Crippen molar-refractivity contribution in [3.05, 3.63) is 39.4 Å². The minimum absolute atomic E-state index is 0.0417. The highest BCUT2D eigenvalue weighted by Crippen LogP contribution is 2.32. The SMILES string of the molecule is CNC(C)C(c1ccc([N+](=O)[O-])cc1C#N)C(C)C. The van der Waals surface area contributed by atoms with Crippen LogP contribution in [-0.2, 0) is 0 Å². The molecule has 0 fully saturated rings. The number of nitro benzene ring substituents is 1. The van der Waals surface area contributed by atoms with Gasteiger partial charge in [0.05, 0.1) is 16.6 Å². The van der Waals surface area contributed by atoms with Gasteiger partial charge >= 0.3 is 0 Å². The maximum Gasteiger partial charge on any atom is 0.270 e. The minimum atomic E-state index is -0.476. The Hall–Kier alpha value is -1.93. The fraction of sp³-hybridized carbons (Fsp3) is 0.500. The maximum absolute atomic E-state index is 10.8. The molecule has 0 radical (unpaired) electrons. The highest BCUT2D eigenvalue weighted by molar-refractivity contribution is 5.48. The number of non-ortho nitro benzene ring substituents is 1. The van der Waals surface area contributed by atoms with Crippen LogP contribution in [-0.4, -0.2) is 18.0 Å². The lowest BCUT2D eigenvalue weighted by molar-refractivity contribution is -0.384. The number of hydrogen-bond donors (Lipinski definition) is 1. The Labute approximate surface area is 113 Å². The van der Waals surface area contributed by atoms with Crippen molar-refractivity contribution in [1.82, 2.24) is 5.32 Å². The Bertz CT molecular complexity index is 506. The molecule has 0 amide bonds. The van der Waals surface area contributed by atoms with Gasteiger partial charge in [-0.3, -0.25) is 10.1 Å². The molecule has 0 saturated carbocycles. The molecule has 5 heteroatoms. The standard InChI is InChI=1S/C14H19N3O2/c1-9(2)14(10(3)16-4)13-6-5-12(17(18)19)7-11(13)8-15/h5-7,9-10,14,16H,1-4H3. The molecule has 19 heavy (non-hydrogen) atoms. The van der Waals surface area contributed by atoms with Crippen molar-refractivity contribution < 1.29 is 4.92 Å². The molecule has 0 spiro atoms. The third kappa shape index (κ3) is 3.30. The molecular formula is C14H19N3O2. The molecule has 0 heterocycles. The molecule has 1 rings (SSSR count). The van der Waals surface area contributed by atoms with E-state index in [4.69, 9.17) is 0 Å². The first-order valence-corrected chi connectivity index (χ1v) is 6.28. The third-order valence-corrected chi connectivity index (χ3v) is 3.44. The molecule has 5 nitrogen and oxygen atoms in total. The van der Waals surface area contributed by atoms with E-state index in [1.165, 1.54) is 12.1 Å². The quantitative estimate of drug-likeness (QED) is 0.653. The summed E-state index contributed by atoms with van der Waals surface area (Å²) in [7, 11) is 1.87. The minimum Gasteiger partial charge on any atom is -0.317 e. The summed E-state index contributed by atoms with van der Waals surface area (Å²) in [6.07, 6.45) is 0. The first-order chi connectivity index (χ1) is 8.92. The zero-order chi connectivity index (χ0) is 14.6. The number of nitriles is 1. The topological polar surface area (TPSA) is 79.0 Å². The summed E-state index contributed by atoms with van der Waals surface area (Å²) in [6.45, 7) is 6.22. The van der Waals surface area contributed by atoms with Gasteiger partial charge in [-0.2, -0.15) is 5.26 Å². The van der Waals surface area contributed by atoms with Crippen molar-refractivity contribution in [3.63, 3.8) is 0 Å². The summed E-state index contributed by atoms with van der Waals surface area (Å²) in [5.74, 6) is 0.469. The molecular weight excluding hydrogens is 242 g/mol. The molecule has 2 atom stereocenters. The number of rotatable bonds is 5. The second kappa shape index (κ2) is 6.30. The molecule has 1 aromatic carbocycles. The van der Waals surface area contributed by atoms with E-state index in [1.54, 1.807) is 6.07 Å². The van der Waals surface area contributed by atoms with Gasteiger partial charge in [-0.1, -0.05) is 19.9 Å². The second-order valence-corrected chi connectivity index (χ2v) is 4.99. The van der Waals surface area contributed by atoms with Gasteiger partial charge in [0.15, 0.2) is 0 Å². The Morgan fingerprint density at radius 1 is 1.37 bits per heavy atom. The molecule has 2 unspecified atom stereocenters. The molecule has 102 valence electrons. The van der Waals surface area contributed by atoms with E-state index in [1.807, 2.05) is 14.0 Å². The smallest absolute Gasteiger partial charge is 0.270 e. The summed E-state index contributed by atoms with van der Waals surface area (Å²) < 4.78 is 0. The van der Waals surface area contributed by atoms with Crippen molar-refractivity contribution in [2.45, 2.75) is 32.7 Å². The number of nitrogens with zero attached hydrogens (tertiary/aromatic N) is 2. The Balaban J connectivity index is 3.32. The summed E-state index contributed by atoms with van der Waals surface area (Å²) in [6, 6.07) is 6.79.